The van der Waals surface area contributed by atoms with Gasteiger partial charge in [0.1, 0.15) is 0 Å². The van der Waals surface area contributed by atoms with E-state index < -0.39 is 0 Å². The Hall–Kier alpha value is -0.0800. The Balaban J connectivity index is 2.16. The maximum atomic E-state index is 4.58. The van der Waals surface area contributed by atoms with Gasteiger partial charge in [-0.2, -0.15) is 9.78 Å². The fourth-order valence-corrected chi connectivity index (χ4v) is 0.607. The van der Waals surface area contributed by atoms with Crippen molar-refractivity contribution in [1.82, 2.24) is 0 Å². The van der Waals surface area contributed by atoms with Crippen LogP contribution in [0.4, 0.5) is 0 Å². The molecule has 0 atom stereocenters. The van der Waals surface area contributed by atoms with Gasteiger partial charge in [0.15, 0.2) is 0 Å². The molecule has 2 heteroatoms. The van der Waals surface area contributed by atoms with Crippen molar-refractivity contribution in [3.63, 3.8) is 0 Å². The van der Waals surface area contributed by atoms with Gasteiger partial charge in [0.05, 0.1) is 0 Å². The fraction of sp³-hybridized carbons (Fsp3) is 1.00. The van der Waals surface area contributed by atoms with Crippen LogP contribution in [0.3, 0.4) is 0 Å². The second-order valence-corrected chi connectivity index (χ2v) is 3.39. The first-order chi connectivity index (χ1) is 3.58. The zero-order valence-corrected chi connectivity index (χ0v) is 5.60. The minimum atomic E-state index is 0.0926. The van der Waals surface area contributed by atoms with Crippen molar-refractivity contribution in [3.8, 4) is 0 Å². The van der Waals surface area contributed by atoms with Crippen molar-refractivity contribution in [1.29, 1.82) is 0 Å². The Morgan fingerprint density at radius 3 is 1.88 bits per heavy atom. The van der Waals surface area contributed by atoms with Gasteiger partial charge in [-0.3, -0.25) is 0 Å². The van der Waals surface area contributed by atoms with E-state index in [-0.39, 0.29) is 6.29 Å². The average Bonchev–Trinajstić information content (AvgIpc) is 2.12. The normalized spacial score (nSPS) is 21.4. The topological polar surface area (TPSA) is 25.1 Å². The molecule has 0 saturated carbocycles. The molecule has 0 aromatic rings. The lowest BCUT2D eigenvalue weighted by Crippen LogP contribution is -2.07. The van der Waals surface area contributed by atoms with Crippen LogP contribution in [0.5, 0.6) is 0 Å². The summed E-state index contributed by atoms with van der Waals surface area (Å²) in [7, 11) is 0. The fourth-order valence-electron chi connectivity index (χ4n) is 0.607. The smallest absolute Gasteiger partial charge is 0.198 e. The van der Waals surface area contributed by atoms with Crippen LogP contribution in [0.15, 0.2) is 0 Å². The zero-order valence-electron chi connectivity index (χ0n) is 5.60. The van der Waals surface area contributed by atoms with Crippen LogP contribution < -0.4 is 0 Å². The van der Waals surface area contributed by atoms with Crippen molar-refractivity contribution < 1.29 is 9.78 Å². The van der Waals surface area contributed by atoms with Crippen LogP contribution in [0.1, 0.15) is 27.2 Å². The van der Waals surface area contributed by atoms with E-state index in [2.05, 4.69) is 30.5 Å². The summed E-state index contributed by atoms with van der Waals surface area (Å²) in [5.74, 6) is 0. The first-order valence-corrected chi connectivity index (χ1v) is 2.90. The molecule has 0 spiro atoms. The van der Waals surface area contributed by atoms with Crippen LogP contribution in [-0.2, 0) is 9.78 Å². The molecule has 48 valence electrons. The second-order valence-electron chi connectivity index (χ2n) is 3.39. The molecule has 0 amide bonds. The standard InChI is InChI=1S/C6H12O2/c1-6(2,3)4-5-7-8-5/h5H,4H2,1-3H3. The minimum absolute atomic E-state index is 0.0926. The van der Waals surface area contributed by atoms with Crippen molar-refractivity contribution in [2.24, 2.45) is 5.41 Å². The quantitative estimate of drug-likeness (QED) is 0.385. The first kappa shape index (κ1) is 6.05. The summed E-state index contributed by atoms with van der Waals surface area (Å²) in [5.41, 5.74) is 0.334. The highest BCUT2D eigenvalue weighted by Crippen LogP contribution is 2.28. The Morgan fingerprint density at radius 1 is 1.25 bits per heavy atom. The maximum Gasteiger partial charge on any atom is 0.225 e. The third kappa shape index (κ3) is 2.28. The van der Waals surface area contributed by atoms with Crippen LogP contribution in [0.2, 0.25) is 0 Å². The van der Waals surface area contributed by atoms with E-state index in [0.717, 1.165) is 6.42 Å². The highest BCUT2D eigenvalue weighted by atomic mass is 17.4. The third-order valence-electron chi connectivity index (χ3n) is 1.01. The van der Waals surface area contributed by atoms with Gasteiger partial charge in [0.2, 0.25) is 6.29 Å². The molecule has 1 aliphatic heterocycles. The Kier molecular flexibility index (Phi) is 1.29. The molecule has 1 aliphatic rings. The van der Waals surface area contributed by atoms with Crippen LogP contribution in [0.25, 0.3) is 0 Å². The molecular weight excluding hydrogens is 104 g/mol. The molecule has 1 rings (SSSR count). The SMILES string of the molecule is CC(C)(C)CC1OO1. The van der Waals surface area contributed by atoms with Gasteiger partial charge in [-0.25, -0.2) is 0 Å². The molecule has 0 aliphatic carbocycles. The van der Waals surface area contributed by atoms with E-state index in [1.165, 1.54) is 0 Å². The van der Waals surface area contributed by atoms with E-state index in [1.54, 1.807) is 0 Å². The summed E-state index contributed by atoms with van der Waals surface area (Å²) < 4.78 is 0. The number of rotatable bonds is 1. The molecule has 0 radical (unpaired) electrons. The van der Waals surface area contributed by atoms with Crippen molar-refractivity contribution in [2.45, 2.75) is 33.5 Å². The lowest BCUT2D eigenvalue weighted by molar-refractivity contribution is 0.0850. The molecule has 0 aromatic heterocycles. The van der Waals surface area contributed by atoms with Gasteiger partial charge in [-0.1, -0.05) is 20.8 Å². The highest BCUT2D eigenvalue weighted by Gasteiger charge is 2.30. The van der Waals surface area contributed by atoms with Crippen LogP contribution in [-0.4, -0.2) is 6.29 Å². The predicted molar refractivity (Wildman–Crippen MR) is 30.0 cm³/mol. The summed E-state index contributed by atoms with van der Waals surface area (Å²) >= 11 is 0. The lowest BCUT2D eigenvalue weighted by Gasteiger charge is -2.13. The molecule has 0 aromatic carbocycles. The summed E-state index contributed by atoms with van der Waals surface area (Å²) in [6, 6.07) is 0. The summed E-state index contributed by atoms with van der Waals surface area (Å²) in [4.78, 5) is 9.17. The average molecular weight is 116 g/mol. The van der Waals surface area contributed by atoms with Gasteiger partial charge in [0.25, 0.3) is 0 Å². The monoisotopic (exact) mass is 116 g/mol. The van der Waals surface area contributed by atoms with Gasteiger partial charge in [-0.05, 0) is 5.41 Å². The Labute approximate surface area is 49.7 Å². The van der Waals surface area contributed by atoms with Gasteiger partial charge >= 0.3 is 0 Å². The number of hydrogen-bond donors (Lipinski definition) is 0. The van der Waals surface area contributed by atoms with Crippen molar-refractivity contribution in [3.05, 3.63) is 0 Å². The summed E-state index contributed by atoms with van der Waals surface area (Å²) in [6.45, 7) is 6.49. The third-order valence-corrected chi connectivity index (χ3v) is 1.01. The van der Waals surface area contributed by atoms with Crippen LogP contribution in [0, 0.1) is 5.41 Å². The first-order valence-electron chi connectivity index (χ1n) is 2.90. The number of hydrogen-bond acceptors (Lipinski definition) is 2. The highest BCUT2D eigenvalue weighted by molar-refractivity contribution is 4.64. The molecule has 1 saturated heterocycles. The second kappa shape index (κ2) is 1.71. The van der Waals surface area contributed by atoms with Crippen molar-refractivity contribution in [2.75, 3.05) is 0 Å². The van der Waals surface area contributed by atoms with Crippen LogP contribution >= 0.6 is 0 Å². The molecular formula is C6H12O2. The molecule has 2 nitrogen and oxygen atoms in total. The van der Waals surface area contributed by atoms with Gasteiger partial charge in [0, 0.05) is 6.42 Å². The summed E-state index contributed by atoms with van der Waals surface area (Å²) in [6.07, 6.45) is 1.09. The minimum Gasteiger partial charge on any atom is -0.198 e. The molecule has 1 fully saturated rings. The molecule has 1 heterocycles. The maximum absolute atomic E-state index is 4.58. The van der Waals surface area contributed by atoms with E-state index in [4.69, 9.17) is 0 Å². The molecule has 0 bridgehead atoms. The van der Waals surface area contributed by atoms with E-state index >= 15 is 0 Å². The Bertz CT molecular complexity index is 79.0. The van der Waals surface area contributed by atoms with Crippen molar-refractivity contribution >= 4 is 0 Å². The Morgan fingerprint density at radius 2 is 1.75 bits per heavy atom. The largest absolute Gasteiger partial charge is 0.225 e. The van der Waals surface area contributed by atoms with Gasteiger partial charge in [-0.15, -0.1) is 0 Å². The van der Waals surface area contributed by atoms with E-state index in [0.29, 0.717) is 5.41 Å². The van der Waals surface area contributed by atoms with E-state index in [1.807, 2.05) is 0 Å². The van der Waals surface area contributed by atoms with E-state index in [9.17, 15) is 0 Å². The zero-order chi connectivity index (χ0) is 6.20. The molecule has 0 unspecified atom stereocenters. The predicted octanol–water partition coefficient (Wildman–Crippen LogP) is 1.71. The molecule has 8 heavy (non-hydrogen) atoms. The summed E-state index contributed by atoms with van der Waals surface area (Å²) in [5, 5.41) is 0. The molecule has 0 N–H and O–H groups in total. The van der Waals surface area contributed by atoms with Gasteiger partial charge < -0.3 is 0 Å². The lowest BCUT2D eigenvalue weighted by atomic mass is 9.92.